The van der Waals surface area contributed by atoms with Crippen molar-refractivity contribution >= 4 is 54.0 Å². The molecule has 0 radical (unpaired) electrons. The molecule has 3 aromatic rings. The number of benzene rings is 1. The van der Waals surface area contributed by atoms with Crippen LogP contribution in [0.3, 0.4) is 0 Å². The van der Waals surface area contributed by atoms with E-state index in [9.17, 15) is 0 Å². The predicted molar refractivity (Wildman–Crippen MR) is 203 cm³/mol. The first kappa shape index (κ1) is 33.5. The Kier molecular flexibility index (Phi) is 9.15. The van der Waals surface area contributed by atoms with Crippen molar-refractivity contribution in [2.45, 2.75) is 145 Å². The number of hydrogen-bond acceptors (Lipinski definition) is 2. The molecule has 0 saturated heterocycles. The highest BCUT2D eigenvalue weighted by Crippen LogP contribution is 2.53. The molecule has 0 saturated carbocycles. The average molecular weight is 627 g/mol. The van der Waals surface area contributed by atoms with Crippen LogP contribution in [0.15, 0.2) is 47.6 Å². The highest BCUT2D eigenvalue weighted by Gasteiger charge is 2.32. The van der Waals surface area contributed by atoms with Crippen molar-refractivity contribution in [2.75, 3.05) is 0 Å². The third-order valence-electron chi connectivity index (χ3n) is 10.0. The molecule has 2 heterocycles. The zero-order valence-electron chi connectivity index (χ0n) is 29.9. The van der Waals surface area contributed by atoms with E-state index in [1.54, 1.807) is 11.1 Å². The van der Waals surface area contributed by atoms with E-state index < -0.39 is 0 Å². The van der Waals surface area contributed by atoms with E-state index in [1.165, 1.54) is 90.7 Å². The van der Waals surface area contributed by atoms with Gasteiger partial charge in [0.2, 0.25) is 0 Å². The van der Waals surface area contributed by atoms with E-state index in [0.29, 0.717) is 0 Å². The summed E-state index contributed by atoms with van der Waals surface area (Å²) in [5.41, 5.74) is 9.86. The lowest BCUT2D eigenvalue weighted by Gasteiger charge is -2.27. The van der Waals surface area contributed by atoms with Gasteiger partial charge in [0, 0.05) is 41.1 Å². The molecule has 0 nitrogen and oxygen atoms in total. The Hall–Kier alpha value is -1.90. The summed E-state index contributed by atoms with van der Waals surface area (Å²) in [7, 11) is 0. The number of rotatable bonds is 9. The molecule has 2 aliphatic rings. The van der Waals surface area contributed by atoms with Crippen molar-refractivity contribution in [3.8, 4) is 0 Å². The van der Waals surface area contributed by atoms with Crippen LogP contribution in [-0.2, 0) is 10.8 Å². The fourth-order valence-electron chi connectivity index (χ4n) is 6.85. The largest absolute Gasteiger partial charge is 0.139 e. The molecule has 0 N–H and O–H groups in total. The van der Waals surface area contributed by atoms with E-state index in [0.717, 1.165) is 12.8 Å². The standard InChI is InChI=1S/C42H58S2/c1-13-14-15-16-17-22-42(11,12)30-21-19-28(24-30)36-32-26-34(41(8,9)10)43-37(32)35(27-18-20-29(23-27)39(2,3)4)31-25-33(40(5,6)7)44-38(31)36/h18-21,25-26H,13-17,22-24H2,1-12H3. The monoisotopic (exact) mass is 626 g/mol. The smallest absolute Gasteiger partial charge is 0.0434 e. The maximum absolute atomic E-state index is 2.57. The molecule has 5 rings (SSSR count). The van der Waals surface area contributed by atoms with Crippen LogP contribution in [-0.4, -0.2) is 0 Å². The molecule has 0 bridgehead atoms. The van der Waals surface area contributed by atoms with E-state index in [-0.39, 0.29) is 21.7 Å². The molecule has 0 unspecified atom stereocenters. The maximum atomic E-state index is 2.57. The lowest BCUT2D eigenvalue weighted by Crippen LogP contribution is -2.14. The zero-order chi connectivity index (χ0) is 32.2. The number of allylic oxidation sites excluding steroid dienone is 8. The molecular formula is C42H58S2. The summed E-state index contributed by atoms with van der Waals surface area (Å²) in [5, 5.41) is 2.96. The molecule has 2 aliphatic carbocycles. The fraction of sp³-hybridized carbons (Fsp3) is 0.571. The van der Waals surface area contributed by atoms with Gasteiger partial charge in [0.05, 0.1) is 0 Å². The minimum Gasteiger partial charge on any atom is -0.139 e. The van der Waals surface area contributed by atoms with Crippen LogP contribution >= 0.6 is 22.7 Å². The van der Waals surface area contributed by atoms with Crippen LogP contribution in [0, 0.1) is 10.8 Å². The molecule has 44 heavy (non-hydrogen) atoms. The van der Waals surface area contributed by atoms with Crippen molar-refractivity contribution in [1.29, 1.82) is 0 Å². The first-order valence-electron chi connectivity index (χ1n) is 17.3. The molecule has 0 atom stereocenters. The van der Waals surface area contributed by atoms with Crippen LogP contribution in [0.2, 0.25) is 0 Å². The van der Waals surface area contributed by atoms with Crippen molar-refractivity contribution in [2.24, 2.45) is 10.8 Å². The molecule has 1 aromatic carbocycles. The highest BCUT2D eigenvalue weighted by atomic mass is 32.1. The lowest BCUT2D eigenvalue weighted by molar-refractivity contribution is 0.380. The lowest BCUT2D eigenvalue weighted by atomic mass is 9.77. The Morgan fingerprint density at radius 1 is 0.545 bits per heavy atom. The molecule has 0 amide bonds. The van der Waals surface area contributed by atoms with Gasteiger partial charge in [-0.25, -0.2) is 0 Å². The van der Waals surface area contributed by atoms with Crippen molar-refractivity contribution in [1.82, 2.24) is 0 Å². The fourth-order valence-corrected chi connectivity index (χ4v) is 9.48. The van der Waals surface area contributed by atoms with Gasteiger partial charge >= 0.3 is 0 Å². The first-order valence-corrected chi connectivity index (χ1v) is 18.9. The van der Waals surface area contributed by atoms with E-state index in [1.807, 2.05) is 0 Å². The normalized spacial score (nSPS) is 16.6. The molecule has 0 fully saturated rings. The van der Waals surface area contributed by atoms with Crippen LogP contribution < -0.4 is 0 Å². The Labute approximate surface area is 277 Å². The summed E-state index contributed by atoms with van der Waals surface area (Å²) in [6.45, 7) is 28.6. The zero-order valence-corrected chi connectivity index (χ0v) is 31.6. The second-order valence-corrected chi connectivity index (χ2v) is 19.5. The van der Waals surface area contributed by atoms with Crippen LogP contribution in [0.5, 0.6) is 0 Å². The van der Waals surface area contributed by atoms with Crippen molar-refractivity contribution in [3.05, 3.63) is 68.5 Å². The van der Waals surface area contributed by atoms with Gasteiger partial charge in [0.25, 0.3) is 0 Å². The molecule has 0 spiro atoms. The molecule has 2 heteroatoms. The third kappa shape index (κ3) is 6.64. The number of thiophene rings is 2. The number of fused-ring (bicyclic) bond motifs is 2. The van der Waals surface area contributed by atoms with E-state index >= 15 is 0 Å². The molecule has 2 aromatic heterocycles. The summed E-state index contributed by atoms with van der Waals surface area (Å²) in [6, 6.07) is 5.13. The van der Waals surface area contributed by atoms with E-state index in [4.69, 9.17) is 0 Å². The van der Waals surface area contributed by atoms with Crippen LogP contribution in [0.4, 0.5) is 0 Å². The van der Waals surface area contributed by atoms with Gasteiger partial charge in [0.15, 0.2) is 0 Å². The Morgan fingerprint density at radius 3 is 1.43 bits per heavy atom. The topological polar surface area (TPSA) is 0 Å². The Morgan fingerprint density at radius 2 is 1.00 bits per heavy atom. The summed E-state index contributed by atoms with van der Waals surface area (Å²) < 4.78 is 2.99. The summed E-state index contributed by atoms with van der Waals surface area (Å²) in [4.78, 5) is 2.98. The van der Waals surface area contributed by atoms with Gasteiger partial charge in [0.1, 0.15) is 0 Å². The van der Waals surface area contributed by atoms with Gasteiger partial charge in [-0.2, -0.15) is 0 Å². The van der Waals surface area contributed by atoms with Gasteiger partial charge in [-0.05, 0) is 64.2 Å². The molecular weight excluding hydrogens is 569 g/mol. The van der Waals surface area contributed by atoms with Gasteiger partial charge in [-0.1, -0.05) is 151 Å². The SMILES string of the molecule is CCCCCCCC(C)(C)C1=CC=C(c2c3cc(C(C)(C)C)sc3c(C3=CC=C(C(C)(C)C)C3)c3cc(C(C)(C)C)sc23)C1. The Bertz CT molecular complexity index is 1600. The number of unbranched alkanes of at least 4 members (excludes halogenated alkanes) is 4. The second-order valence-electron chi connectivity index (χ2n) is 17.4. The average Bonchev–Trinajstić information content (AvgIpc) is 3.70. The van der Waals surface area contributed by atoms with Gasteiger partial charge < -0.3 is 0 Å². The van der Waals surface area contributed by atoms with Crippen molar-refractivity contribution < 1.29 is 0 Å². The molecule has 238 valence electrons. The summed E-state index contributed by atoms with van der Waals surface area (Å²) in [5.74, 6) is 0. The summed E-state index contributed by atoms with van der Waals surface area (Å²) in [6.07, 6.45) is 20.0. The third-order valence-corrected chi connectivity index (χ3v) is 13.2. The van der Waals surface area contributed by atoms with Gasteiger partial charge in [-0.3, -0.25) is 0 Å². The summed E-state index contributed by atoms with van der Waals surface area (Å²) >= 11 is 4.11. The minimum absolute atomic E-state index is 0.119. The first-order chi connectivity index (χ1) is 20.4. The maximum Gasteiger partial charge on any atom is 0.0434 e. The second kappa shape index (κ2) is 12.0. The predicted octanol–water partition coefficient (Wildman–Crippen LogP) is 14.6. The quantitative estimate of drug-likeness (QED) is 0.207. The van der Waals surface area contributed by atoms with Crippen LogP contribution in [0.1, 0.15) is 155 Å². The number of hydrogen-bond donors (Lipinski definition) is 0. The van der Waals surface area contributed by atoms with E-state index in [2.05, 4.69) is 142 Å². The highest BCUT2D eigenvalue weighted by molar-refractivity contribution is 7.21. The minimum atomic E-state index is 0.119. The molecule has 0 aliphatic heterocycles. The van der Waals surface area contributed by atoms with Crippen LogP contribution in [0.25, 0.3) is 31.3 Å². The van der Waals surface area contributed by atoms with Gasteiger partial charge in [-0.15, -0.1) is 22.7 Å². The Balaban J connectivity index is 1.64. The van der Waals surface area contributed by atoms with Crippen molar-refractivity contribution in [3.63, 3.8) is 0 Å².